The van der Waals surface area contributed by atoms with Crippen LogP contribution in [0.25, 0.3) is 0 Å². The van der Waals surface area contributed by atoms with Crippen LogP contribution in [0.4, 0.5) is 0 Å². The number of carboxylic acids is 3. The maximum atomic E-state index is 12.8. The minimum atomic E-state index is -1.27. The molecule has 0 bridgehead atoms. The summed E-state index contributed by atoms with van der Waals surface area (Å²) in [5.74, 6) is -3.91. The molecule has 13 heteroatoms. The maximum Gasteiger partial charge on any atom is 0.235 e. The zero-order valence-corrected chi connectivity index (χ0v) is 28.0. The van der Waals surface area contributed by atoms with Gasteiger partial charge < -0.3 is 35.0 Å². The Balaban J connectivity index is 0.0000104. The first-order chi connectivity index (χ1) is 22.6. The van der Waals surface area contributed by atoms with E-state index in [0.717, 1.165) is 13.0 Å². The van der Waals surface area contributed by atoms with Crippen LogP contribution in [0.3, 0.4) is 0 Å². The second-order valence-electron chi connectivity index (χ2n) is 12.4. The SMILES string of the molecule is CCCCCCCCCCCCCCN(C)CNC(=O)CN1CCN(CC(=O)[O-])CCN(CC(=O)[O-])CCN(CC(=O)[O-])CC1.[2H][2H]. The molecule has 264 valence electrons. The fourth-order valence-corrected chi connectivity index (χ4v) is 5.54. The molecule has 0 atom stereocenters. The van der Waals surface area contributed by atoms with Crippen LogP contribution in [-0.4, -0.2) is 147 Å². The summed E-state index contributed by atoms with van der Waals surface area (Å²) in [6.07, 6.45) is 15.5. The third-order valence-corrected chi connectivity index (χ3v) is 8.29. The Morgan fingerprint density at radius 3 is 1.22 bits per heavy atom. The lowest BCUT2D eigenvalue weighted by Crippen LogP contribution is -2.52. The molecule has 1 aliphatic heterocycles. The number of hydrogen-bond acceptors (Lipinski definition) is 12. The quantitative estimate of drug-likeness (QED) is 0.100. The van der Waals surface area contributed by atoms with Crippen LogP contribution in [-0.2, 0) is 19.2 Å². The molecule has 0 saturated carbocycles. The van der Waals surface area contributed by atoms with Gasteiger partial charge in [-0.05, 0) is 20.0 Å². The van der Waals surface area contributed by atoms with Gasteiger partial charge in [-0.2, -0.15) is 0 Å². The zero-order chi connectivity index (χ0) is 35.3. The van der Waals surface area contributed by atoms with E-state index in [9.17, 15) is 34.5 Å². The molecule has 45 heavy (non-hydrogen) atoms. The third kappa shape index (κ3) is 23.6. The van der Waals surface area contributed by atoms with Crippen molar-refractivity contribution in [3.63, 3.8) is 0 Å². The predicted molar refractivity (Wildman–Crippen MR) is 170 cm³/mol. The molecule has 1 N–H and O–H groups in total. The van der Waals surface area contributed by atoms with Gasteiger partial charge in [-0.1, -0.05) is 77.6 Å². The number of nitrogens with one attached hydrogen (secondary N) is 1. The summed E-state index contributed by atoms with van der Waals surface area (Å²) >= 11 is 0. The largest absolute Gasteiger partial charge is 0.549 e. The van der Waals surface area contributed by atoms with Crippen molar-refractivity contribution >= 4 is 23.8 Å². The number of carboxylic acid groups (broad SMARTS) is 3. The Morgan fingerprint density at radius 2 is 0.889 bits per heavy atom. The van der Waals surface area contributed by atoms with E-state index in [1.165, 1.54) is 70.6 Å². The maximum absolute atomic E-state index is 12.8. The molecule has 0 radical (unpaired) electrons. The topological polar surface area (TPSA) is 166 Å². The van der Waals surface area contributed by atoms with Crippen molar-refractivity contribution in [1.82, 2.24) is 29.8 Å². The van der Waals surface area contributed by atoms with E-state index in [1.54, 1.807) is 14.7 Å². The molecular weight excluding hydrogens is 580 g/mol. The van der Waals surface area contributed by atoms with E-state index in [2.05, 4.69) is 17.1 Å². The number of hydrogen-bond donors (Lipinski definition) is 1. The van der Waals surface area contributed by atoms with Crippen molar-refractivity contribution in [1.29, 1.82) is 0 Å². The monoisotopic (exact) mass is 643 g/mol. The molecule has 0 unspecified atom stereocenters. The molecule has 0 aromatic carbocycles. The molecule has 0 aromatic heterocycles. The van der Waals surface area contributed by atoms with Gasteiger partial charge >= 0.3 is 0 Å². The van der Waals surface area contributed by atoms with Crippen molar-refractivity contribution in [2.45, 2.75) is 84.0 Å². The fraction of sp³-hybridized carbons (Fsp3) is 0.875. The number of carbonyl (C=O) groups excluding carboxylic acids is 4. The van der Waals surface area contributed by atoms with Gasteiger partial charge in [-0.3, -0.25) is 29.3 Å². The van der Waals surface area contributed by atoms with Gasteiger partial charge in [0.25, 0.3) is 0 Å². The summed E-state index contributed by atoms with van der Waals surface area (Å²) in [5, 5.41) is 36.8. The molecular formula is C32H61N6O7-3. The van der Waals surface area contributed by atoms with Gasteiger partial charge in [0.15, 0.2) is 0 Å². The van der Waals surface area contributed by atoms with Crippen molar-refractivity contribution < 1.29 is 37.5 Å². The highest BCUT2D eigenvalue weighted by Gasteiger charge is 2.19. The Hall–Kier alpha value is -2.32. The first kappa shape index (κ1) is 38.9. The molecule has 1 rings (SSSR count). The van der Waals surface area contributed by atoms with Gasteiger partial charge in [-0.25, -0.2) is 0 Å². The van der Waals surface area contributed by atoms with Crippen LogP contribution in [0, 0.1) is 0 Å². The van der Waals surface area contributed by atoms with Crippen molar-refractivity contribution in [3.05, 3.63) is 0 Å². The average molecular weight is 644 g/mol. The number of amides is 1. The number of unbranched alkanes of at least 4 members (excludes halogenated alkanes) is 11. The second-order valence-corrected chi connectivity index (χ2v) is 12.4. The molecule has 1 aliphatic rings. The first-order valence-corrected chi connectivity index (χ1v) is 17.0. The van der Waals surface area contributed by atoms with E-state index in [-0.39, 0.29) is 58.3 Å². The molecule has 0 spiro atoms. The number of aliphatic carboxylic acids is 3. The lowest BCUT2D eigenvalue weighted by atomic mass is 10.1. The highest BCUT2D eigenvalue weighted by atomic mass is 16.4. The Morgan fingerprint density at radius 1 is 0.578 bits per heavy atom. The number of rotatable bonds is 23. The van der Waals surface area contributed by atoms with E-state index in [1.807, 2.05) is 11.9 Å². The molecule has 1 fully saturated rings. The Labute approximate surface area is 274 Å². The van der Waals surface area contributed by atoms with Gasteiger partial charge in [0, 0.05) is 75.0 Å². The Kier molecular flexibility index (Phi) is 22.3. The lowest BCUT2D eigenvalue weighted by Gasteiger charge is -2.34. The van der Waals surface area contributed by atoms with Crippen molar-refractivity contribution in [3.8, 4) is 0 Å². The van der Waals surface area contributed by atoms with Crippen LogP contribution in [0.1, 0.15) is 86.9 Å². The van der Waals surface area contributed by atoms with E-state index < -0.39 is 17.9 Å². The Bertz CT molecular complexity index is 814. The molecule has 13 nitrogen and oxygen atoms in total. The summed E-state index contributed by atoms with van der Waals surface area (Å²) < 4.78 is 10.0. The smallest absolute Gasteiger partial charge is 0.235 e. The molecule has 0 aromatic rings. The minimum Gasteiger partial charge on any atom is -0.549 e. The summed E-state index contributed by atoms with van der Waals surface area (Å²) in [4.78, 5) is 55.6. The van der Waals surface area contributed by atoms with Gasteiger partial charge in [0.2, 0.25) is 5.91 Å². The summed E-state index contributed by atoms with van der Waals surface area (Å²) in [6, 6.07) is 0. The second kappa shape index (κ2) is 25.8. The predicted octanol–water partition coefficient (Wildman–Crippen LogP) is -1.59. The summed E-state index contributed by atoms with van der Waals surface area (Å²) in [5.41, 5.74) is 0. The van der Waals surface area contributed by atoms with Crippen LogP contribution >= 0.6 is 0 Å². The van der Waals surface area contributed by atoms with Crippen LogP contribution in [0.2, 0.25) is 0 Å². The highest BCUT2D eigenvalue weighted by molar-refractivity contribution is 5.77. The number of carbonyl (C=O) groups is 4. The van der Waals surface area contributed by atoms with Crippen LogP contribution in [0.15, 0.2) is 0 Å². The first-order valence-electron chi connectivity index (χ1n) is 18.0. The molecule has 0 aliphatic carbocycles. The van der Waals surface area contributed by atoms with Gasteiger partial charge in [-0.15, -0.1) is 0 Å². The normalized spacial score (nSPS) is 16.9. The van der Waals surface area contributed by atoms with Gasteiger partial charge in [0.1, 0.15) is 0 Å². The number of nitrogens with zero attached hydrogens (tertiary/aromatic N) is 5. The molecule has 1 heterocycles. The van der Waals surface area contributed by atoms with E-state index in [4.69, 9.17) is 2.97 Å². The lowest BCUT2D eigenvalue weighted by molar-refractivity contribution is -0.308. The van der Waals surface area contributed by atoms with Crippen molar-refractivity contribution in [2.24, 2.45) is 0 Å². The van der Waals surface area contributed by atoms with Crippen molar-refractivity contribution in [2.75, 3.05) is 98.8 Å². The molecule has 1 amide bonds. The van der Waals surface area contributed by atoms with Crippen LogP contribution < -0.4 is 20.6 Å². The van der Waals surface area contributed by atoms with Gasteiger partial charge in [0.05, 0.1) is 31.1 Å². The highest BCUT2D eigenvalue weighted by Crippen LogP contribution is 2.12. The average Bonchev–Trinajstić information content (AvgIpc) is 3.02. The summed E-state index contributed by atoms with van der Waals surface area (Å²) in [7, 11) is 1.98. The standard InChI is InChI=1S/C32H62N6O7.H2/c1-3-4-5-6-7-8-9-10-11-12-13-14-15-34(2)28-33-29(39)24-35-16-18-36(25-30(40)41)20-22-38(27-32(44)45)23-21-37(19-17-35)26-31(42)43;/h3-28H2,1-2H3,(H,33,39)(H,40,41)(H,42,43)(H,44,45);1H/p-3/i;1+1D. The van der Waals surface area contributed by atoms with Crippen LogP contribution in [0.5, 0.6) is 0 Å². The van der Waals surface area contributed by atoms with E-state index in [0.29, 0.717) is 32.8 Å². The fourth-order valence-electron chi connectivity index (χ4n) is 5.54. The minimum absolute atomic E-state index is 0.0849. The summed E-state index contributed by atoms with van der Waals surface area (Å²) in [6.45, 7) is 5.09. The zero-order valence-electron chi connectivity index (χ0n) is 30.0. The third-order valence-electron chi connectivity index (χ3n) is 8.29. The van der Waals surface area contributed by atoms with E-state index >= 15 is 0 Å². The molecule has 1 saturated heterocycles.